The Labute approximate surface area is 178 Å². The number of aryl methyl sites for hydroxylation is 2. The van der Waals surface area contributed by atoms with Crippen LogP contribution in [0, 0.1) is 13.8 Å². The van der Waals surface area contributed by atoms with E-state index in [9.17, 15) is 13.2 Å². The van der Waals surface area contributed by atoms with Crippen LogP contribution in [0.2, 0.25) is 0 Å². The van der Waals surface area contributed by atoms with Crippen LogP contribution < -0.4 is 4.74 Å². The molecule has 5 nitrogen and oxygen atoms in total. The minimum atomic E-state index is -2.65. The molecule has 3 heterocycles. The molecule has 0 aliphatic carbocycles. The van der Waals surface area contributed by atoms with Crippen LogP contribution in [-0.4, -0.2) is 41.0 Å². The van der Waals surface area contributed by atoms with E-state index < -0.39 is 19.2 Å². The third-order valence-corrected chi connectivity index (χ3v) is 5.40. The van der Waals surface area contributed by atoms with E-state index in [0.29, 0.717) is 24.4 Å². The van der Waals surface area contributed by atoms with Crippen molar-refractivity contribution in [3.63, 3.8) is 0 Å². The first-order chi connectivity index (χ1) is 14.9. The average Bonchev–Trinajstić information content (AvgIpc) is 2.95. The molecule has 1 atom stereocenters. The van der Waals surface area contributed by atoms with Gasteiger partial charge in [-0.1, -0.05) is 6.07 Å². The van der Waals surface area contributed by atoms with Gasteiger partial charge in [-0.05, 0) is 38.1 Å². The molecule has 164 valence electrons. The fourth-order valence-corrected chi connectivity index (χ4v) is 4.06. The van der Waals surface area contributed by atoms with Crippen LogP contribution in [0.1, 0.15) is 29.1 Å². The van der Waals surface area contributed by atoms with Crippen molar-refractivity contribution in [3.8, 4) is 28.4 Å². The number of imidazole rings is 1. The molecular weight excluding hydrogens is 407 g/mol. The quantitative estimate of drug-likeness (QED) is 0.565. The lowest BCUT2D eigenvalue weighted by molar-refractivity contribution is 0.0355. The zero-order valence-corrected chi connectivity index (χ0v) is 17.7. The predicted molar refractivity (Wildman–Crippen MR) is 111 cm³/mol. The molecule has 1 aliphatic rings. The largest absolute Gasteiger partial charge is 0.496 e. The monoisotopic (exact) mass is 431 g/mol. The van der Waals surface area contributed by atoms with E-state index in [1.54, 1.807) is 12.1 Å². The lowest BCUT2D eigenvalue weighted by atomic mass is 10.1. The molecule has 0 amide bonds. The number of fused-ring (bicyclic) bond motifs is 1. The van der Waals surface area contributed by atoms with E-state index in [-0.39, 0.29) is 17.9 Å². The van der Waals surface area contributed by atoms with Gasteiger partial charge in [0.15, 0.2) is 0 Å². The van der Waals surface area contributed by atoms with Gasteiger partial charge < -0.3 is 14.0 Å². The molecule has 0 N–H and O–H groups in total. The Balaban J connectivity index is 1.91. The van der Waals surface area contributed by atoms with Gasteiger partial charge in [0.25, 0.3) is 6.43 Å². The van der Waals surface area contributed by atoms with E-state index >= 15 is 0 Å². The molecule has 1 unspecified atom stereocenters. The molecule has 8 heteroatoms. The number of ether oxygens (including phenoxy) is 2. The molecule has 3 aromatic rings. The highest BCUT2D eigenvalue weighted by Crippen LogP contribution is 2.36. The van der Waals surface area contributed by atoms with E-state index in [1.165, 1.54) is 13.2 Å². The lowest BCUT2D eigenvalue weighted by Crippen LogP contribution is -2.21. The summed E-state index contributed by atoms with van der Waals surface area (Å²) in [6.45, 7) is 3.89. The highest BCUT2D eigenvalue weighted by atomic mass is 19.3. The number of aromatic nitrogens is 3. The van der Waals surface area contributed by atoms with Crippen molar-refractivity contribution >= 4 is 0 Å². The Morgan fingerprint density at radius 1 is 1.13 bits per heavy atom. The maximum atomic E-state index is 13.5. The van der Waals surface area contributed by atoms with Crippen LogP contribution in [0.4, 0.5) is 13.2 Å². The van der Waals surface area contributed by atoms with E-state index in [1.807, 2.05) is 30.5 Å². The predicted octanol–water partition coefficient (Wildman–Crippen LogP) is 5.09. The first-order valence-corrected chi connectivity index (χ1v) is 10.1. The third kappa shape index (κ3) is 4.17. The number of alkyl halides is 3. The standard InChI is InChI=1S/C23H24F3N3O2/c1-13-8-16(9-14(2)27-13)21-19-6-7-31-17(11-24)12-29(19)23(28-21)15-4-5-18(22(25)26)20(10-15)30-3/h4-5,8-10,17,22H,6-7,11-12H2,1-3H3. The minimum absolute atomic E-state index is 0.0916. The van der Waals surface area contributed by atoms with E-state index in [0.717, 1.165) is 28.3 Å². The van der Waals surface area contributed by atoms with Gasteiger partial charge in [-0.2, -0.15) is 0 Å². The van der Waals surface area contributed by atoms with Crippen molar-refractivity contribution in [2.75, 3.05) is 20.4 Å². The zero-order valence-electron chi connectivity index (χ0n) is 17.7. The number of pyridine rings is 1. The summed E-state index contributed by atoms with van der Waals surface area (Å²) in [5.41, 5.74) is 4.78. The van der Waals surface area contributed by atoms with Crippen molar-refractivity contribution in [3.05, 3.63) is 53.0 Å². The molecule has 1 aromatic carbocycles. The average molecular weight is 431 g/mol. The normalized spacial score (nSPS) is 16.3. The minimum Gasteiger partial charge on any atom is -0.496 e. The van der Waals surface area contributed by atoms with Gasteiger partial charge in [0.1, 0.15) is 24.4 Å². The molecule has 0 saturated heterocycles. The SMILES string of the molecule is COc1cc(-c2nc(-c3cc(C)nc(C)c3)c3n2CC(CF)OCC3)ccc1C(F)F. The maximum absolute atomic E-state index is 13.5. The lowest BCUT2D eigenvalue weighted by Gasteiger charge is -2.15. The summed E-state index contributed by atoms with van der Waals surface area (Å²) in [6, 6.07) is 8.42. The van der Waals surface area contributed by atoms with Crippen molar-refractivity contribution in [2.45, 2.75) is 39.3 Å². The van der Waals surface area contributed by atoms with Gasteiger partial charge in [-0.3, -0.25) is 4.98 Å². The highest BCUT2D eigenvalue weighted by Gasteiger charge is 2.26. The van der Waals surface area contributed by atoms with Gasteiger partial charge in [0, 0.05) is 34.6 Å². The Hall–Kier alpha value is -2.87. The molecule has 0 saturated carbocycles. The summed E-state index contributed by atoms with van der Waals surface area (Å²) in [4.78, 5) is 9.32. The van der Waals surface area contributed by atoms with Gasteiger partial charge in [-0.15, -0.1) is 0 Å². The Bertz CT molecular complexity index is 1080. The first-order valence-electron chi connectivity index (χ1n) is 10.1. The van der Waals surface area contributed by atoms with Crippen LogP contribution in [0.5, 0.6) is 5.75 Å². The maximum Gasteiger partial charge on any atom is 0.267 e. The van der Waals surface area contributed by atoms with Crippen LogP contribution in [0.3, 0.4) is 0 Å². The molecule has 1 aliphatic heterocycles. The van der Waals surface area contributed by atoms with Gasteiger partial charge in [0.2, 0.25) is 0 Å². The molecule has 0 radical (unpaired) electrons. The van der Waals surface area contributed by atoms with E-state index in [2.05, 4.69) is 4.98 Å². The Kier molecular flexibility index (Phi) is 6.00. The molecule has 31 heavy (non-hydrogen) atoms. The highest BCUT2D eigenvalue weighted by molar-refractivity contribution is 5.70. The van der Waals surface area contributed by atoms with Gasteiger partial charge in [-0.25, -0.2) is 18.2 Å². The van der Waals surface area contributed by atoms with Crippen LogP contribution in [-0.2, 0) is 17.7 Å². The number of hydrogen-bond acceptors (Lipinski definition) is 4. The number of hydrogen-bond donors (Lipinski definition) is 0. The number of halogens is 3. The van der Waals surface area contributed by atoms with Crippen LogP contribution in [0.25, 0.3) is 22.6 Å². The van der Waals surface area contributed by atoms with Crippen molar-refractivity contribution in [1.82, 2.24) is 14.5 Å². The second-order valence-corrected chi connectivity index (χ2v) is 7.63. The number of nitrogens with zero attached hydrogens (tertiary/aromatic N) is 3. The summed E-state index contributed by atoms with van der Waals surface area (Å²) in [5, 5.41) is 0. The zero-order chi connectivity index (χ0) is 22.1. The fraction of sp³-hybridized carbons (Fsp3) is 0.391. The number of methoxy groups -OCH3 is 1. The molecular formula is C23H24F3N3O2. The Morgan fingerprint density at radius 2 is 1.87 bits per heavy atom. The summed E-state index contributed by atoms with van der Waals surface area (Å²) >= 11 is 0. The second kappa shape index (κ2) is 8.70. The fourth-order valence-electron chi connectivity index (χ4n) is 4.06. The summed E-state index contributed by atoms with van der Waals surface area (Å²) in [5.74, 6) is 0.661. The van der Waals surface area contributed by atoms with Crippen molar-refractivity contribution in [2.24, 2.45) is 0 Å². The third-order valence-electron chi connectivity index (χ3n) is 5.40. The smallest absolute Gasteiger partial charge is 0.267 e. The summed E-state index contributed by atoms with van der Waals surface area (Å²) in [7, 11) is 1.36. The van der Waals surface area contributed by atoms with E-state index in [4.69, 9.17) is 14.5 Å². The van der Waals surface area contributed by atoms with Gasteiger partial charge >= 0.3 is 0 Å². The molecule has 4 rings (SSSR count). The Morgan fingerprint density at radius 3 is 2.52 bits per heavy atom. The number of rotatable bonds is 5. The van der Waals surface area contributed by atoms with Crippen molar-refractivity contribution < 1.29 is 22.6 Å². The van der Waals surface area contributed by atoms with Crippen LogP contribution in [0.15, 0.2) is 30.3 Å². The second-order valence-electron chi connectivity index (χ2n) is 7.63. The summed E-state index contributed by atoms with van der Waals surface area (Å²) < 4.78 is 52.9. The molecule has 0 spiro atoms. The number of benzene rings is 1. The van der Waals surface area contributed by atoms with Gasteiger partial charge in [0.05, 0.1) is 31.5 Å². The summed E-state index contributed by atoms with van der Waals surface area (Å²) in [6.07, 6.45) is -2.68. The van der Waals surface area contributed by atoms with Crippen molar-refractivity contribution in [1.29, 1.82) is 0 Å². The topological polar surface area (TPSA) is 49.2 Å². The molecule has 0 bridgehead atoms. The first kappa shape index (κ1) is 21.4. The molecule has 0 fully saturated rings. The van der Waals surface area contributed by atoms with Crippen LogP contribution >= 0.6 is 0 Å². The molecule has 2 aromatic heterocycles.